The van der Waals surface area contributed by atoms with Gasteiger partial charge in [-0.1, -0.05) is 60.3 Å². The summed E-state index contributed by atoms with van der Waals surface area (Å²) in [4.78, 5) is 26.9. The van der Waals surface area contributed by atoms with Crippen molar-refractivity contribution in [2.24, 2.45) is 0 Å². The normalized spacial score (nSPS) is 14.3. The van der Waals surface area contributed by atoms with Gasteiger partial charge in [0.15, 0.2) is 0 Å². The van der Waals surface area contributed by atoms with Crippen LogP contribution in [0.4, 0.5) is 5.69 Å². The minimum atomic E-state index is -0.0420. The van der Waals surface area contributed by atoms with Gasteiger partial charge in [0, 0.05) is 13.0 Å². The first-order valence-corrected chi connectivity index (χ1v) is 11.5. The number of aromatic nitrogens is 2. The molecule has 31 heavy (non-hydrogen) atoms. The lowest BCUT2D eigenvalue weighted by molar-refractivity contribution is -0.122. The lowest BCUT2D eigenvalue weighted by atomic mass is 10.1. The molecule has 0 aliphatic carbocycles. The van der Waals surface area contributed by atoms with Crippen LogP contribution in [0.1, 0.15) is 37.1 Å². The molecular formula is C24H26N4O2S. The molecule has 3 aromatic rings. The van der Waals surface area contributed by atoms with Crippen molar-refractivity contribution in [3.8, 4) is 5.69 Å². The van der Waals surface area contributed by atoms with Crippen LogP contribution in [0.5, 0.6) is 0 Å². The molecule has 6 nitrogen and oxygen atoms in total. The first-order valence-electron chi connectivity index (χ1n) is 10.5. The number of nitrogens with zero attached hydrogens (tertiary/aromatic N) is 3. The highest BCUT2D eigenvalue weighted by Gasteiger charge is 2.31. The van der Waals surface area contributed by atoms with Crippen molar-refractivity contribution >= 4 is 29.3 Å². The van der Waals surface area contributed by atoms with Gasteiger partial charge in [0.25, 0.3) is 0 Å². The van der Waals surface area contributed by atoms with Crippen molar-refractivity contribution in [3.05, 3.63) is 71.9 Å². The van der Waals surface area contributed by atoms with E-state index in [0.29, 0.717) is 25.1 Å². The zero-order valence-electron chi connectivity index (χ0n) is 17.7. The number of carbonyl (C=O) groups is 2. The van der Waals surface area contributed by atoms with Crippen LogP contribution in [0.25, 0.3) is 5.69 Å². The monoisotopic (exact) mass is 434 g/mol. The van der Waals surface area contributed by atoms with Gasteiger partial charge < -0.3 is 10.2 Å². The predicted octanol–water partition coefficient (Wildman–Crippen LogP) is 4.28. The number of aryl methyl sites for hydroxylation is 1. The van der Waals surface area contributed by atoms with Crippen LogP contribution in [0, 0.1) is 6.92 Å². The Balaban J connectivity index is 1.41. The summed E-state index contributed by atoms with van der Waals surface area (Å²) in [6.07, 6.45) is 0.967. The zero-order chi connectivity index (χ0) is 21.8. The van der Waals surface area contributed by atoms with Gasteiger partial charge in [0.1, 0.15) is 5.03 Å². The molecule has 0 saturated carbocycles. The second-order valence-electron chi connectivity index (χ2n) is 7.62. The standard InChI is InChI=1S/C24H26N4O2S/c1-17(19-10-5-3-6-11-19)25-21(29)14-9-15-27-22(30)16-31-24-23(27)18(2)26-28(24)20-12-7-4-8-13-20/h3-8,10-13,17H,9,14-16H2,1-2H3,(H,25,29)/t17-/m0/s1. The lowest BCUT2D eigenvalue weighted by Gasteiger charge is -2.27. The van der Waals surface area contributed by atoms with E-state index >= 15 is 0 Å². The smallest absolute Gasteiger partial charge is 0.237 e. The number of amides is 2. The van der Waals surface area contributed by atoms with Gasteiger partial charge in [0.05, 0.1) is 28.9 Å². The number of hydrogen-bond acceptors (Lipinski definition) is 4. The number of rotatable bonds is 7. The molecular weight excluding hydrogens is 408 g/mol. The Kier molecular flexibility index (Phi) is 6.42. The molecule has 2 heterocycles. The second kappa shape index (κ2) is 9.39. The minimum absolute atomic E-state index is 0.00730. The average molecular weight is 435 g/mol. The summed E-state index contributed by atoms with van der Waals surface area (Å²) >= 11 is 1.52. The van der Waals surface area contributed by atoms with Crippen LogP contribution in [0.15, 0.2) is 65.7 Å². The van der Waals surface area contributed by atoms with Gasteiger partial charge in [-0.15, -0.1) is 0 Å². The highest BCUT2D eigenvalue weighted by molar-refractivity contribution is 8.00. The summed E-state index contributed by atoms with van der Waals surface area (Å²) < 4.78 is 1.91. The van der Waals surface area contributed by atoms with Crippen molar-refractivity contribution < 1.29 is 9.59 Å². The molecule has 0 radical (unpaired) electrons. The van der Waals surface area contributed by atoms with E-state index in [2.05, 4.69) is 10.4 Å². The minimum Gasteiger partial charge on any atom is -0.350 e. The van der Waals surface area contributed by atoms with Crippen LogP contribution >= 0.6 is 11.8 Å². The fraction of sp³-hybridized carbons (Fsp3) is 0.292. The van der Waals surface area contributed by atoms with E-state index in [1.54, 1.807) is 4.90 Å². The summed E-state index contributed by atoms with van der Waals surface area (Å²) in [5.41, 5.74) is 3.74. The number of nitrogens with one attached hydrogen (secondary N) is 1. The average Bonchev–Trinajstić information content (AvgIpc) is 3.13. The number of benzene rings is 2. The van der Waals surface area contributed by atoms with E-state index in [4.69, 9.17) is 0 Å². The molecule has 160 valence electrons. The molecule has 0 bridgehead atoms. The lowest BCUT2D eigenvalue weighted by Crippen LogP contribution is -2.37. The van der Waals surface area contributed by atoms with Gasteiger partial charge >= 0.3 is 0 Å². The van der Waals surface area contributed by atoms with Crippen LogP contribution in [-0.4, -0.2) is 33.9 Å². The van der Waals surface area contributed by atoms with E-state index in [9.17, 15) is 9.59 Å². The molecule has 0 fully saturated rings. The molecule has 2 amide bonds. The maximum atomic E-state index is 12.7. The second-order valence-corrected chi connectivity index (χ2v) is 8.59. The maximum absolute atomic E-state index is 12.7. The third-order valence-corrected chi connectivity index (χ3v) is 6.39. The van der Waals surface area contributed by atoms with Crippen molar-refractivity contribution in [2.45, 2.75) is 37.8 Å². The first-order chi connectivity index (χ1) is 15.0. The SMILES string of the molecule is Cc1nn(-c2ccccc2)c2c1N(CCCC(=O)N[C@@H](C)c1ccccc1)C(=O)CS2. The first kappa shape index (κ1) is 21.2. The maximum Gasteiger partial charge on any atom is 0.237 e. The van der Waals surface area contributed by atoms with Crippen LogP contribution < -0.4 is 10.2 Å². The topological polar surface area (TPSA) is 67.2 Å². The Morgan fingerprint density at radius 2 is 1.81 bits per heavy atom. The van der Waals surface area contributed by atoms with Crippen molar-refractivity contribution in [2.75, 3.05) is 17.2 Å². The molecule has 1 aliphatic rings. The predicted molar refractivity (Wildman–Crippen MR) is 124 cm³/mol. The molecule has 2 aromatic carbocycles. The van der Waals surface area contributed by atoms with Gasteiger partial charge in [0.2, 0.25) is 11.8 Å². The van der Waals surface area contributed by atoms with Crippen molar-refractivity contribution in [3.63, 3.8) is 0 Å². The van der Waals surface area contributed by atoms with Gasteiger partial charge in [-0.25, -0.2) is 4.68 Å². The van der Waals surface area contributed by atoms with E-state index < -0.39 is 0 Å². The molecule has 1 aromatic heterocycles. The molecule has 0 saturated heterocycles. The fourth-order valence-corrected chi connectivity index (χ4v) is 4.87. The van der Waals surface area contributed by atoms with Crippen molar-refractivity contribution in [1.29, 1.82) is 0 Å². The Labute approximate surface area is 186 Å². The Bertz CT molecular complexity index is 1070. The highest BCUT2D eigenvalue weighted by Crippen LogP contribution is 2.39. The van der Waals surface area contributed by atoms with E-state index in [-0.39, 0.29) is 17.9 Å². The third kappa shape index (κ3) is 4.66. The zero-order valence-corrected chi connectivity index (χ0v) is 18.6. The molecule has 0 spiro atoms. The largest absolute Gasteiger partial charge is 0.350 e. The Morgan fingerprint density at radius 3 is 2.52 bits per heavy atom. The molecule has 7 heteroatoms. The number of para-hydroxylation sites is 1. The van der Waals surface area contributed by atoms with Crippen LogP contribution in [-0.2, 0) is 9.59 Å². The highest BCUT2D eigenvalue weighted by atomic mass is 32.2. The van der Waals surface area contributed by atoms with Gasteiger partial charge in [-0.2, -0.15) is 5.10 Å². The summed E-state index contributed by atoms with van der Waals surface area (Å²) in [6, 6.07) is 19.8. The molecule has 1 atom stereocenters. The number of thioether (sulfide) groups is 1. The quantitative estimate of drug-likeness (QED) is 0.603. The third-order valence-electron chi connectivity index (χ3n) is 5.35. The number of anilines is 1. The molecule has 1 N–H and O–H groups in total. The summed E-state index contributed by atoms with van der Waals surface area (Å²) in [7, 11) is 0. The van der Waals surface area contributed by atoms with E-state index in [1.165, 1.54) is 11.8 Å². The molecule has 0 unspecified atom stereocenters. The fourth-order valence-electron chi connectivity index (χ4n) is 3.79. The van der Waals surface area contributed by atoms with Crippen molar-refractivity contribution in [1.82, 2.24) is 15.1 Å². The number of fused-ring (bicyclic) bond motifs is 1. The van der Waals surface area contributed by atoms with Crippen LogP contribution in [0.2, 0.25) is 0 Å². The van der Waals surface area contributed by atoms with E-state index in [1.807, 2.05) is 79.2 Å². The summed E-state index contributed by atoms with van der Waals surface area (Å²) in [5, 5.41) is 8.70. The van der Waals surface area contributed by atoms with Crippen LogP contribution in [0.3, 0.4) is 0 Å². The van der Waals surface area contributed by atoms with E-state index in [0.717, 1.165) is 27.7 Å². The summed E-state index contributed by atoms with van der Waals surface area (Å²) in [6.45, 7) is 4.41. The Hall–Kier alpha value is -3.06. The number of hydrogen-bond donors (Lipinski definition) is 1. The van der Waals surface area contributed by atoms with Gasteiger partial charge in [-0.3, -0.25) is 9.59 Å². The van der Waals surface area contributed by atoms with Gasteiger partial charge in [-0.05, 0) is 38.0 Å². The molecule has 4 rings (SSSR count). The number of carbonyl (C=O) groups excluding carboxylic acids is 2. The molecule has 1 aliphatic heterocycles. The Morgan fingerprint density at radius 1 is 1.13 bits per heavy atom. The summed E-state index contributed by atoms with van der Waals surface area (Å²) in [5.74, 6) is 0.431.